The zero-order chi connectivity index (χ0) is 9.90. The molecular weight excluding hydrogens is 212 g/mol. The fraction of sp³-hybridized carbons (Fsp3) is 0.500. The van der Waals surface area contributed by atoms with Crippen LogP contribution < -0.4 is 0 Å². The van der Waals surface area contributed by atoms with E-state index in [-0.39, 0.29) is 5.75 Å². The Morgan fingerprint density at radius 1 is 1.62 bits per heavy atom. The van der Waals surface area contributed by atoms with Gasteiger partial charge in [-0.1, -0.05) is 0 Å². The first kappa shape index (κ1) is 10.6. The summed E-state index contributed by atoms with van der Waals surface area (Å²) in [5.74, 6) is 0.434. The van der Waals surface area contributed by atoms with Crippen LogP contribution in [-0.2, 0) is 16.5 Å². The van der Waals surface area contributed by atoms with Crippen molar-refractivity contribution in [1.82, 2.24) is 9.97 Å². The van der Waals surface area contributed by atoms with E-state index in [9.17, 15) is 8.42 Å². The monoisotopic (exact) mass is 222 g/mol. The van der Waals surface area contributed by atoms with E-state index in [4.69, 9.17) is 4.55 Å². The second-order valence-corrected chi connectivity index (χ2v) is 4.63. The molecule has 1 aromatic rings. The summed E-state index contributed by atoms with van der Waals surface area (Å²) in [7, 11) is -3.85. The molecule has 0 aromatic carbocycles. The van der Waals surface area contributed by atoms with Gasteiger partial charge >= 0.3 is 0 Å². The maximum Gasteiger partial charge on any atom is 0.264 e. The van der Waals surface area contributed by atoms with Gasteiger partial charge in [0.25, 0.3) is 10.1 Å². The van der Waals surface area contributed by atoms with E-state index >= 15 is 0 Å². The van der Waals surface area contributed by atoms with Gasteiger partial charge in [0.1, 0.15) is 10.9 Å². The molecule has 0 amide bonds. The van der Waals surface area contributed by atoms with Crippen molar-refractivity contribution in [2.75, 3.05) is 5.75 Å². The summed E-state index contributed by atoms with van der Waals surface area (Å²) in [5.41, 5.74) is 0. The van der Waals surface area contributed by atoms with Gasteiger partial charge in [-0.2, -0.15) is 8.42 Å². The van der Waals surface area contributed by atoms with Crippen molar-refractivity contribution in [2.24, 2.45) is 0 Å². The van der Waals surface area contributed by atoms with Crippen LogP contribution in [0, 0.1) is 0 Å². The molecule has 0 spiro atoms. The van der Waals surface area contributed by atoms with Crippen LogP contribution in [0.1, 0.15) is 12.2 Å². The molecule has 0 aliphatic rings. The first-order valence-corrected chi connectivity index (χ1v) is 5.71. The lowest BCUT2D eigenvalue weighted by Gasteiger charge is -1.94. The van der Waals surface area contributed by atoms with Crippen molar-refractivity contribution in [3.05, 3.63) is 12.0 Å². The van der Waals surface area contributed by atoms with Gasteiger partial charge in [-0.25, -0.2) is 4.98 Å². The molecule has 0 atom stereocenters. The van der Waals surface area contributed by atoms with E-state index in [1.165, 1.54) is 0 Å². The zero-order valence-electron chi connectivity index (χ0n) is 6.77. The van der Waals surface area contributed by atoms with Crippen LogP contribution in [0.25, 0.3) is 0 Å². The van der Waals surface area contributed by atoms with Crippen molar-refractivity contribution < 1.29 is 13.0 Å². The Balaban J connectivity index is 2.36. The van der Waals surface area contributed by atoms with Crippen LogP contribution in [0.15, 0.2) is 11.2 Å². The third-order valence-electron chi connectivity index (χ3n) is 1.43. The standard InChI is InChI=1S/C6H10N2O3S2/c9-13(10,11)3-1-2-5-7-4-6(12)8-5/h4,12H,1-3H2,(H,7,8)(H,9,10,11). The predicted molar refractivity (Wildman–Crippen MR) is 50.6 cm³/mol. The molecule has 1 aromatic heterocycles. The smallest absolute Gasteiger partial charge is 0.264 e. The third-order valence-corrected chi connectivity index (χ3v) is 2.47. The number of nitrogens with one attached hydrogen (secondary N) is 1. The Kier molecular flexibility index (Phi) is 3.34. The minimum absolute atomic E-state index is 0.240. The van der Waals surface area contributed by atoms with Gasteiger partial charge in [-0.15, -0.1) is 12.6 Å². The van der Waals surface area contributed by atoms with Crippen molar-refractivity contribution in [2.45, 2.75) is 17.9 Å². The van der Waals surface area contributed by atoms with E-state index in [0.29, 0.717) is 23.7 Å². The lowest BCUT2D eigenvalue weighted by atomic mass is 10.3. The second kappa shape index (κ2) is 4.12. The Morgan fingerprint density at radius 2 is 2.31 bits per heavy atom. The summed E-state index contributed by atoms with van der Waals surface area (Å²) >= 11 is 3.97. The van der Waals surface area contributed by atoms with Crippen molar-refractivity contribution in [1.29, 1.82) is 0 Å². The molecule has 0 bridgehead atoms. The number of thiol groups is 1. The number of imidazole rings is 1. The fourth-order valence-electron chi connectivity index (χ4n) is 0.901. The largest absolute Gasteiger partial charge is 0.348 e. The molecule has 2 N–H and O–H groups in total. The van der Waals surface area contributed by atoms with E-state index in [0.717, 1.165) is 0 Å². The minimum atomic E-state index is -3.85. The number of aryl methyl sites for hydroxylation is 1. The molecular formula is C6H10N2O3S2. The normalized spacial score (nSPS) is 11.8. The van der Waals surface area contributed by atoms with Gasteiger partial charge in [0.2, 0.25) is 0 Å². The molecule has 13 heavy (non-hydrogen) atoms. The number of rotatable bonds is 4. The lowest BCUT2D eigenvalue weighted by Crippen LogP contribution is -2.05. The molecule has 0 unspecified atom stereocenters. The number of aromatic nitrogens is 2. The van der Waals surface area contributed by atoms with Gasteiger partial charge in [0, 0.05) is 12.6 Å². The van der Waals surface area contributed by atoms with Gasteiger partial charge in [0.05, 0.1) is 5.75 Å². The minimum Gasteiger partial charge on any atom is -0.348 e. The van der Waals surface area contributed by atoms with Crippen molar-refractivity contribution >= 4 is 22.7 Å². The van der Waals surface area contributed by atoms with E-state index in [1.807, 2.05) is 0 Å². The molecule has 0 saturated heterocycles. The van der Waals surface area contributed by atoms with Gasteiger partial charge in [0.15, 0.2) is 0 Å². The summed E-state index contributed by atoms with van der Waals surface area (Å²) in [6.45, 7) is 0. The molecule has 0 saturated carbocycles. The fourth-order valence-corrected chi connectivity index (χ4v) is 1.60. The Bertz CT molecular complexity index is 371. The van der Waals surface area contributed by atoms with Gasteiger partial charge < -0.3 is 4.98 Å². The van der Waals surface area contributed by atoms with Crippen LogP contribution in [0.4, 0.5) is 0 Å². The number of hydrogen-bond donors (Lipinski definition) is 3. The highest BCUT2D eigenvalue weighted by Crippen LogP contribution is 2.03. The lowest BCUT2D eigenvalue weighted by molar-refractivity contribution is 0.481. The summed E-state index contributed by atoms with van der Waals surface area (Å²) < 4.78 is 29.1. The van der Waals surface area contributed by atoms with Crippen LogP contribution in [-0.4, -0.2) is 28.7 Å². The molecule has 0 radical (unpaired) electrons. The van der Waals surface area contributed by atoms with Crippen LogP contribution in [0.3, 0.4) is 0 Å². The van der Waals surface area contributed by atoms with E-state index < -0.39 is 10.1 Å². The molecule has 0 aliphatic heterocycles. The summed E-state index contributed by atoms with van der Waals surface area (Å²) in [6.07, 6.45) is 2.45. The molecule has 0 fully saturated rings. The Morgan fingerprint density at radius 3 is 2.77 bits per heavy atom. The molecule has 5 nitrogen and oxygen atoms in total. The van der Waals surface area contributed by atoms with Gasteiger partial charge in [-0.05, 0) is 6.42 Å². The first-order chi connectivity index (χ1) is 5.97. The summed E-state index contributed by atoms with van der Waals surface area (Å²) in [5, 5.41) is 0.571. The quantitative estimate of drug-likeness (QED) is 0.512. The average Bonchev–Trinajstić information content (AvgIpc) is 2.33. The molecule has 1 heterocycles. The summed E-state index contributed by atoms with van der Waals surface area (Å²) in [6, 6.07) is 0. The number of hydrogen-bond acceptors (Lipinski definition) is 4. The third kappa shape index (κ3) is 4.30. The maximum absolute atomic E-state index is 10.3. The Hall–Kier alpha value is -0.530. The van der Waals surface area contributed by atoms with E-state index in [1.54, 1.807) is 6.20 Å². The van der Waals surface area contributed by atoms with Crippen molar-refractivity contribution in [3.8, 4) is 0 Å². The SMILES string of the molecule is O=S(=O)(O)CCCc1nc(S)c[nH]1. The maximum atomic E-state index is 10.3. The Labute approximate surface area is 81.7 Å². The highest BCUT2D eigenvalue weighted by Gasteiger charge is 2.05. The summed E-state index contributed by atoms with van der Waals surface area (Å²) in [4.78, 5) is 6.79. The zero-order valence-corrected chi connectivity index (χ0v) is 8.48. The molecule has 7 heteroatoms. The van der Waals surface area contributed by atoms with Crippen LogP contribution in [0.5, 0.6) is 0 Å². The highest BCUT2D eigenvalue weighted by atomic mass is 32.2. The number of H-pyrrole nitrogens is 1. The highest BCUT2D eigenvalue weighted by molar-refractivity contribution is 7.85. The predicted octanol–water partition coefficient (Wildman–Crippen LogP) is 0.519. The second-order valence-electron chi connectivity index (χ2n) is 2.59. The van der Waals surface area contributed by atoms with Crippen LogP contribution >= 0.6 is 12.6 Å². The van der Waals surface area contributed by atoms with E-state index in [2.05, 4.69) is 22.6 Å². The number of aromatic amines is 1. The average molecular weight is 222 g/mol. The van der Waals surface area contributed by atoms with Crippen molar-refractivity contribution in [3.63, 3.8) is 0 Å². The molecule has 74 valence electrons. The molecule has 0 aliphatic carbocycles. The molecule has 1 rings (SSSR count). The first-order valence-electron chi connectivity index (χ1n) is 3.66. The van der Waals surface area contributed by atoms with Gasteiger partial charge in [-0.3, -0.25) is 4.55 Å². The van der Waals surface area contributed by atoms with Crippen LogP contribution in [0.2, 0.25) is 0 Å². The number of nitrogens with zero attached hydrogens (tertiary/aromatic N) is 1. The topological polar surface area (TPSA) is 83.1 Å².